The van der Waals surface area contributed by atoms with Gasteiger partial charge in [0.2, 0.25) is 0 Å². The van der Waals surface area contributed by atoms with Crippen molar-refractivity contribution in [2.75, 3.05) is 0 Å². The normalized spacial score (nSPS) is 11.7. The lowest BCUT2D eigenvalue weighted by Gasteiger charge is -2.20. The van der Waals surface area contributed by atoms with E-state index in [2.05, 4.69) is 303 Å². The van der Waals surface area contributed by atoms with Gasteiger partial charge in [0.1, 0.15) is 0 Å². The van der Waals surface area contributed by atoms with E-state index in [1.807, 2.05) is 0 Å². The van der Waals surface area contributed by atoms with E-state index in [1.165, 1.54) is 72.3 Å². The van der Waals surface area contributed by atoms with E-state index in [0.717, 1.165) is 63.0 Å². The van der Waals surface area contributed by atoms with Crippen LogP contribution in [-0.2, 0) is 12.8 Å². The molecule has 1 heteroatoms. The highest BCUT2D eigenvalue weighted by atomic mass is 14.7. The van der Waals surface area contributed by atoms with Crippen LogP contribution >= 0.6 is 0 Å². The molecule has 11 rings (SSSR count). The van der Waals surface area contributed by atoms with Crippen molar-refractivity contribution in [3.05, 3.63) is 272 Å². The second kappa shape index (κ2) is 21.3. The van der Waals surface area contributed by atoms with Crippen molar-refractivity contribution in [1.29, 1.82) is 0 Å². The van der Waals surface area contributed by atoms with E-state index in [9.17, 15) is 0 Å². The van der Waals surface area contributed by atoms with Gasteiger partial charge in [0.15, 0.2) is 0 Å². The summed E-state index contributed by atoms with van der Waals surface area (Å²) in [5, 5.41) is 0. The maximum Gasteiger partial charge on any atom is 0.0708 e. The van der Waals surface area contributed by atoms with E-state index < -0.39 is 0 Å². The number of nitrogens with zero attached hydrogens (tertiary/aromatic N) is 1. The zero-order valence-corrected chi connectivity index (χ0v) is 44.7. The van der Waals surface area contributed by atoms with Crippen LogP contribution in [-0.4, -0.2) is 4.98 Å². The molecular formula is C75H65N. The molecule has 0 saturated heterocycles. The fourth-order valence-electron chi connectivity index (χ4n) is 11.0. The summed E-state index contributed by atoms with van der Waals surface area (Å²) < 4.78 is 0. The maximum absolute atomic E-state index is 5.31. The lowest BCUT2D eigenvalue weighted by molar-refractivity contribution is 0.411. The van der Waals surface area contributed by atoms with Crippen LogP contribution in [0.4, 0.5) is 0 Å². The molecule has 1 nitrogen and oxygen atoms in total. The van der Waals surface area contributed by atoms with Gasteiger partial charge in [-0.15, -0.1) is 0 Å². The van der Waals surface area contributed by atoms with Crippen molar-refractivity contribution in [1.82, 2.24) is 4.98 Å². The van der Waals surface area contributed by atoms with Crippen LogP contribution in [0, 0.1) is 10.8 Å². The number of rotatable bonds is 12. The molecule has 0 atom stereocenters. The van der Waals surface area contributed by atoms with Gasteiger partial charge in [-0.05, 0) is 160 Å². The summed E-state index contributed by atoms with van der Waals surface area (Å²) in [7, 11) is 0. The summed E-state index contributed by atoms with van der Waals surface area (Å²) in [6, 6.07) is 93.7. The highest BCUT2D eigenvalue weighted by Crippen LogP contribution is 2.45. The Morgan fingerprint density at radius 1 is 0.237 bits per heavy atom. The second-order valence-corrected chi connectivity index (χ2v) is 22.8. The Morgan fingerprint density at radius 2 is 0.579 bits per heavy atom. The molecule has 0 spiro atoms. The Bertz CT molecular complexity index is 3690. The topological polar surface area (TPSA) is 12.9 Å². The van der Waals surface area contributed by atoms with Crippen LogP contribution in [0.2, 0.25) is 0 Å². The molecule has 11 aromatic rings. The summed E-state index contributed by atoms with van der Waals surface area (Å²) in [5.74, 6) is 0. The van der Waals surface area contributed by atoms with Crippen molar-refractivity contribution in [2.45, 2.75) is 54.4 Å². The minimum Gasteiger partial charge on any atom is -0.256 e. The van der Waals surface area contributed by atoms with Gasteiger partial charge >= 0.3 is 0 Å². The molecule has 0 aliphatic carbocycles. The van der Waals surface area contributed by atoms with Crippen LogP contribution in [0.25, 0.3) is 111 Å². The first kappa shape index (κ1) is 49.6. The minimum absolute atomic E-state index is 0.173. The van der Waals surface area contributed by atoms with Gasteiger partial charge < -0.3 is 0 Å². The molecule has 0 saturated carbocycles. The predicted molar refractivity (Wildman–Crippen MR) is 325 cm³/mol. The molecule has 0 amide bonds. The molecule has 10 aromatic carbocycles. The van der Waals surface area contributed by atoms with E-state index in [-0.39, 0.29) is 10.8 Å². The first-order chi connectivity index (χ1) is 36.9. The fourth-order valence-corrected chi connectivity index (χ4v) is 11.0. The molecular weight excluding hydrogens is 915 g/mol. The first-order valence-corrected chi connectivity index (χ1v) is 26.8. The minimum atomic E-state index is 0.173. The quantitative estimate of drug-likeness (QED) is 0.119. The van der Waals surface area contributed by atoms with E-state index in [4.69, 9.17) is 4.98 Å². The van der Waals surface area contributed by atoms with Crippen molar-refractivity contribution in [2.24, 2.45) is 10.8 Å². The van der Waals surface area contributed by atoms with E-state index in [1.54, 1.807) is 0 Å². The zero-order valence-electron chi connectivity index (χ0n) is 44.7. The molecule has 0 radical (unpaired) electrons. The van der Waals surface area contributed by atoms with E-state index in [0.29, 0.717) is 0 Å². The molecule has 370 valence electrons. The third kappa shape index (κ3) is 11.2. The summed E-state index contributed by atoms with van der Waals surface area (Å²) in [4.78, 5) is 5.31. The highest BCUT2D eigenvalue weighted by molar-refractivity contribution is 5.97. The third-order valence-electron chi connectivity index (χ3n) is 14.4. The smallest absolute Gasteiger partial charge is 0.0708 e. The summed E-state index contributed by atoms with van der Waals surface area (Å²) >= 11 is 0. The Labute approximate surface area is 451 Å². The predicted octanol–water partition coefficient (Wildman–Crippen LogP) is 20.9. The van der Waals surface area contributed by atoms with Gasteiger partial charge in [-0.3, -0.25) is 4.98 Å². The largest absolute Gasteiger partial charge is 0.256 e. The SMILES string of the molecule is CC(C)(C)Cc1cccc(-c2ccccc2-c2cc(-c3ccccc3-c3cccc(CC(C)(C)C)c3)cc(-c3ccccc3-c3cnc(-c4cccc(-c5ccc(-c6ccccc6)cc5)c4)cc3-c3ccccc3)c2)c1. The molecule has 1 aromatic heterocycles. The third-order valence-corrected chi connectivity index (χ3v) is 14.4. The summed E-state index contributed by atoms with van der Waals surface area (Å²) in [6.07, 6.45) is 4.11. The lowest BCUT2D eigenvalue weighted by atomic mass is 9.84. The molecule has 0 aliphatic rings. The lowest BCUT2D eigenvalue weighted by Crippen LogP contribution is -2.09. The van der Waals surface area contributed by atoms with Crippen molar-refractivity contribution in [3.63, 3.8) is 0 Å². The van der Waals surface area contributed by atoms with Crippen molar-refractivity contribution < 1.29 is 0 Å². The molecule has 0 N–H and O–H groups in total. The molecule has 0 bridgehead atoms. The Kier molecular flexibility index (Phi) is 13.9. The van der Waals surface area contributed by atoms with Gasteiger partial charge in [0, 0.05) is 17.3 Å². The Morgan fingerprint density at radius 3 is 1.07 bits per heavy atom. The van der Waals surface area contributed by atoms with Gasteiger partial charge in [-0.1, -0.05) is 266 Å². The van der Waals surface area contributed by atoms with Crippen LogP contribution in [0.5, 0.6) is 0 Å². The molecule has 1 heterocycles. The number of benzene rings is 10. The monoisotopic (exact) mass is 980 g/mol. The standard InChI is InChI=1S/C75H65N/c1-74(2,3)49-52-22-19-29-59(42-52)65-32-13-15-34-67(65)62-45-63(68-35-16-14-33-66(68)60-30-20-23-53(43-60)50-75(4,5)6)47-64(46-62)69-36-17-18-37-70(69)72-51-76-73(48-71(72)57-26-11-8-12-27-57)61-31-21-28-58(44-61)56-40-38-55(39-41-56)54-24-9-7-10-25-54/h7-48,51H,49-50H2,1-6H3. The fraction of sp³-hybridized carbons (Fsp3) is 0.133. The zero-order chi connectivity index (χ0) is 52.2. The first-order valence-electron chi connectivity index (χ1n) is 26.8. The van der Waals surface area contributed by atoms with Crippen molar-refractivity contribution >= 4 is 0 Å². The van der Waals surface area contributed by atoms with Crippen LogP contribution < -0.4 is 0 Å². The molecule has 0 aliphatic heterocycles. The van der Waals surface area contributed by atoms with E-state index >= 15 is 0 Å². The maximum atomic E-state index is 5.31. The highest BCUT2D eigenvalue weighted by Gasteiger charge is 2.20. The molecule has 76 heavy (non-hydrogen) atoms. The Balaban J connectivity index is 1.06. The van der Waals surface area contributed by atoms with Gasteiger partial charge in [0.05, 0.1) is 5.69 Å². The molecule has 0 unspecified atom stereocenters. The average Bonchev–Trinajstić information content (AvgIpc) is 3.48. The van der Waals surface area contributed by atoms with Crippen molar-refractivity contribution in [3.8, 4) is 111 Å². The summed E-state index contributed by atoms with van der Waals surface area (Å²) in [5.41, 5.74) is 26.2. The Hall–Kier alpha value is -8.65. The number of aromatic nitrogens is 1. The number of hydrogen-bond acceptors (Lipinski definition) is 1. The second-order valence-electron chi connectivity index (χ2n) is 22.8. The van der Waals surface area contributed by atoms with Gasteiger partial charge in [-0.2, -0.15) is 0 Å². The number of hydrogen-bond donors (Lipinski definition) is 0. The van der Waals surface area contributed by atoms with Crippen LogP contribution in [0.15, 0.2) is 261 Å². The van der Waals surface area contributed by atoms with Crippen LogP contribution in [0.1, 0.15) is 52.7 Å². The average molecular weight is 980 g/mol. The van der Waals surface area contributed by atoms with Crippen LogP contribution in [0.3, 0.4) is 0 Å². The number of pyridine rings is 1. The summed E-state index contributed by atoms with van der Waals surface area (Å²) in [6.45, 7) is 13.9. The van der Waals surface area contributed by atoms with Gasteiger partial charge in [-0.25, -0.2) is 0 Å². The van der Waals surface area contributed by atoms with Gasteiger partial charge in [0.25, 0.3) is 0 Å². The molecule has 0 fully saturated rings.